The number of carboxylic acids is 1. The van der Waals surface area contributed by atoms with Gasteiger partial charge in [-0.3, -0.25) is 0 Å². The molecule has 2 rings (SSSR count). The second kappa shape index (κ2) is 4.82. The second-order valence-electron chi connectivity index (χ2n) is 3.33. The Labute approximate surface area is 99.7 Å². The largest absolute Gasteiger partial charge is 0.478 e. The van der Waals surface area contributed by atoms with Gasteiger partial charge < -0.3 is 14.8 Å². The quantitative estimate of drug-likeness (QED) is 0.820. The minimum atomic E-state index is -3.01. The first-order valence-electron chi connectivity index (χ1n) is 4.90. The fraction of sp³-hybridized carbons (Fsp3) is 0.0909. The van der Waals surface area contributed by atoms with E-state index in [1.807, 2.05) is 0 Å². The lowest BCUT2D eigenvalue weighted by Crippen LogP contribution is -2.04. The number of alkyl halides is 2. The molecule has 0 aliphatic rings. The van der Waals surface area contributed by atoms with Crippen molar-refractivity contribution in [2.45, 2.75) is 6.61 Å². The Morgan fingerprint density at radius 1 is 1.50 bits per heavy atom. The number of fused-ring (bicyclic) bond motifs is 1. The molecule has 0 radical (unpaired) electrons. The number of imidazole rings is 1. The standard InChI is InChI=1S/C11H8F2N2O3/c12-11(13)18-10-6(2-4-8(16)17)1-3-7-9(10)15-5-14-7/h1-5,11H,(H,14,15)(H,16,17). The van der Waals surface area contributed by atoms with Crippen LogP contribution < -0.4 is 4.74 Å². The Bertz CT molecular complexity index is 607. The molecule has 0 bridgehead atoms. The molecule has 0 saturated heterocycles. The number of nitrogens with one attached hydrogen (secondary N) is 1. The first-order chi connectivity index (χ1) is 8.58. The van der Waals surface area contributed by atoms with Gasteiger partial charge in [-0.25, -0.2) is 9.78 Å². The lowest BCUT2D eigenvalue weighted by atomic mass is 10.1. The van der Waals surface area contributed by atoms with Crippen LogP contribution >= 0.6 is 0 Å². The lowest BCUT2D eigenvalue weighted by molar-refractivity contribution is -0.131. The molecule has 0 fully saturated rings. The molecule has 5 nitrogen and oxygen atoms in total. The molecule has 0 amide bonds. The molecule has 94 valence electrons. The number of nitrogens with zero attached hydrogens (tertiary/aromatic N) is 1. The van der Waals surface area contributed by atoms with Gasteiger partial charge in [0.2, 0.25) is 0 Å². The van der Waals surface area contributed by atoms with E-state index < -0.39 is 12.6 Å². The van der Waals surface area contributed by atoms with E-state index in [0.29, 0.717) is 5.52 Å². The van der Waals surface area contributed by atoms with Crippen LogP contribution in [0.5, 0.6) is 5.75 Å². The fourth-order valence-electron chi connectivity index (χ4n) is 1.50. The fourth-order valence-corrected chi connectivity index (χ4v) is 1.50. The molecule has 0 spiro atoms. The number of aliphatic carboxylic acids is 1. The van der Waals surface area contributed by atoms with Crippen molar-refractivity contribution >= 4 is 23.1 Å². The van der Waals surface area contributed by atoms with Gasteiger partial charge in [-0.2, -0.15) is 8.78 Å². The van der Waals surface area contributed by atoms with Crippen LogP contribution in [0, 0.1) is 0 Å². The Balaban J connectivity index is 2.53. The topological polar surface area (TPSA) is 75.2 Å². The summed E-state index contributed by atoms with van der Waals surface area (Å²) >= 11 is 0. The van der Waals surface area contributed by atoms with Crippen LogP contribution in [0.15, 0.2) is 24.5 Å². The molecule has 7 heteroatoms. The maximum Gasteiger partial charge on any atom is 0.387 e. The maximum absolute atomic E-state index is 12.3. The zero-order valence-corrected chi connectivity index (χ0v) is 8.93. The second-order valence-corrected chi connectivity index (χ2v) is 3.33. The van der Waals surface area contributed by atoms with Crippen LogP contribution in [0.4, 0.5) is 8.78 Å². The summed E-state index contributed by atoms with van der Waals surface area (Å²) in [6, 6.07) is 3.07. The third-order valence-corrected chi connectivity index (χ3v) is 2.19. The minimum absolute atomic E-state index is 0.152. The van der Waals surface area contributed by atoms with Gasteiger partial charge >= 0.3 is 12.6 Å². The average molecular weight is 254 g/mol. The highest BCUT2D eigenvalue weighted by Gasteiger charge is 2.14. The molecule has 0 atom stereocenters. The van der Waals surface area contributed by atoms with E-state index in [2.05, 4.69) is 14.7 Å². The number of carbonyl (C=O) groups is 1. The van der Waals surface area contributed by atoms with E-state index in [1.54, 1.807) is 6.07 Å². The van der Waals surface area contributed by atoms with Crippen molar-refractivity contribution in [3.05, 3.63) is 30.1 Å². The third kappa shape index (κ3) is 2.45. The average Bonchev–Trinajstić information content (AvgIpc) is 2.75. The summed E-state index contributed by atoms with van der Waals surface area (Å²) in [7, 11) is 0. The van der Waals surface area contributed by atoms with Gasteiger partial charge in [-0.15, -0.1) is 0 Å². The molecule has 1 heterocycles. The predicted molar refractivity (Wildman–Crippen MR) is 59.4 cm³/mol. The summed E-state index contributed by atoms with van der Waals surface area (Å²) in [6.07, 6.45) is 3.36. The summed E-state index contributed by atoms with van der Waals surface area (Å²) < 4.78 is 29.1. The summed E-state index contributed by atoms with van der Waals surface area (Å²) in [5.74, 6) is -1.33. The van der Waals surface area contributed by atoms with Gasteiger partial charge in [-0.1, -0.05) is 0 Å². The van der Waals surface area contributed by atoms with Crippen molar-refractivity contribution in [1.29, 1.82) is 0 Å². The Hall–Kier alpha value is -2.44. The van der Waals surface area contributed by atoms with Crippen molar-refractivity contribution in [1.82, 2.24) is 9.97 Å². The number of H-pyrrole nitrogens is 1. The van der Waals surface area contributed by atoms with Gasteiger partial charge in [0.25, 0.3) is 0 Å². The molecule has 1 aromatic carbocycles. The Morgan fingerprint density at radius 2 is 2.28 bits per heavy atom. The van der Waals surface area contributed by atoms with Crippen molar-refractivity contribution < 1.29 is 23.4 Å². The monoisotopic (exact) mass is 254 g/mol. The van der Waals surface area contributed by atoms with Gasteiger partial charge in [0.1, 0.15) is 5.52 Å². The smallest absolute Gasteiger partial charge is 0.387 e. The van der Waals surface area contributed by atoms with Gasteiger partial charge in [0, 0.05) is 11.6 Å². The summed E-state index contributed by atoms with van der Waals surface area (Å²) in [5, 5.41) is 8.52. The SMILES string of the molecule is O=C(O)C=Cc1ccc2[nH]cnc2c1OC(F)F. The molecule has 0 aliphatic carbocycles. The Morgan fingerprint density at radius 3 is 2.94 bits per heavy atom. The zero-order valence-electron chi connectivity index (χ0n) is 8.93. The number of rotatable bonds is 4. The molecular formula is C11H8F2N2O3. The summed E-state index contributed by atoms with van der Waals surface area (Å²) in [5.41, 5.74) is 0.971. The third-order valence-electron chi connectivity index (χ3n) is 2.19. The summed E-state index contributed by atoms with van der Waals surface area (Å²) in [4.78, 5) is 17.0. The number of halogens is 2. The van der Waals surface area contributed by atoms with Crippen LogP contribution in [0.1, 0.15) is 5.56 Å². The number of aromatic amines is 1. The van der Waals surface area contributed by atoms with Crippen LogP contribution in [0.25, 0.3) is 17.1 Å². The number of hydrogen-bond donors (Lipinski definition) is 2. The van der Waals surface area contributed by atoms with Crippen LogP contribution in [-0.2, 0) is 4.79 Å². The summed E-state index contributed by atoms with van der Waals surface area (Å²) in [6.45, 7) is -3.01. The van der Waals surface area contributed by atoms with E-state index in [0.717, 1.165) is 6.08 Å². The number of aromatic nitrogens is 2. The number of benzene rings is 1. The minimum Gasteiger partial charge on any atom is -0.478 e. The predicted octanol–water partition coefficient (Wildman–Crippen LogP) is 2.26. The zero-order chi connectivity index (χ0) is 13.1. The van der Waals surface area contributed by atoms with Crippen molar-refractivity contribution in [2.75, 3.05) is 0 Å². The first-order valence-corrected chi connectivity index (χ1v) is 4.90. The number of carboxylic acid groups (broad SMARTS) is 1. The van der Waals surface area contributed by atoms with E-state index in [9.17, 15) is 13.6 Å². The molecule has 0 unspecified atom stereocenters. The normalized spacial score (nSPS) is 11.5. The molecule has 2 aromatic rings. The van der Waals surface area contributed by atoms with Crippen LogP contribution in [-0.4, -0.2) is 27.7 Å². The van der Waals surface area contributed by atoms with E-state index in [-0.39, 0.29) is 16.8 Å². The molecule has 1 aromatic heterocycles. The van der Waals surface area contributed by atoms with Gasteiger partial charge in [0.05, 0.1) is 11.8 Å². The van der Waals surface area contributed by atoms with E-state index in [4.69, 9.17) is 5.11 Å². The molecule has 0 saturated carbocycles. The number of ether oxygens (including phenoxy) is 1. The first kappa shape index (κ1) is 12.0. The highest BCUT2D eigenvalue weighted by Crippen LogP contribution is 2.30. The Kier molecular flexibility index (Phi) is 3.22. The molecule has 18 heavy (non-hydrogen) atoms. The van der Waals surface area contributed by atoms with Gasteiger partial charge in [0.15, 0.2) is 5.75 Å². The van der Waals surface area contributed by atoms with Crippen LogP contribution in [0.2, 0.25) is 0 Å². The van der Waals surface area contributed by atoms with Gasteiger partial charge in [-0.05, 0) is 18.2 Å². The van der Waals surface area contributed by atoms with Crippen molar-refractivity contribution in [2.24, 2.45) is 0 Å². The van der Waals surface area contributed by atoms with E-state index in [1.165, 1.54) is 18.5 Å². The van der Waals surface area contributed by atoms with Crippen molar-refractivity contribution in [3.8, 4) is 5.75 Å². The van der Waals surface area contributed by atoms with E-state index >= 15 is 0 Å². The number of hydrogen-bond acceptors (Lipinski definition) is 3. The van der Waals surface area contributed by atoms with Crippen LogP contribution in [0.3, 0.4) is 0 Å². The lowest BCUT2D eigenvalue weighted by Gasteiger charge is -2.08. The molecule has 0 aliphatic heterocycles. The molecule has 2 N–H and O–H groups in total. The highest BCUT2D eigenvalue weighted by atomic mass is 19.3. The molecular weight excluding hydrogens is 246 g/mol. The van der Waals surface area contributed by atoms with Crippen molar-refractivity contribution in [3.63, 3.8) is 0 Å². The maximum atomic E-state index is 12.3. The highest BCUT2D eigenvalue weighted by molar-refractivity contribution is 5.90.